The quantitative estimate of drug-likeness (QED) is 0.685. The van der Waals surface area contributed by atoms with Crippen LogP contribution in [0.4, 0.5) is 4.39 Å². The minimum atomic E-state index is -0.252. The van der Waals surface area contributed by atoms with Crippen LogP contribution in [0.1, 0.15) is 16.7 Å². The number of halogens is 1. The second-order valence-electron chi connectivity index (χ2n) is 4.91. The fourth-order valence-corrected chi connectivity index (χ4v) is 2.31. The van der Waals surface area contributed by atoms with Crippen LogP contribution in [-0.2, 0) is 12.8 Å². The van der Waals surface area contributed by atoms with Gasteiger partial charge in [0.2, 0.25) is 0 Å². The van der Waals surface area contributed by atoms with Crippen LogP contribution in [0, 0.1) is 5.82 Å². The van der Waals surface area contributed by atoms with Crippen molar-refractivity contribution in [3.63, 3.8) is 0 Å². The summed E-state index contributed by atoms with van der Waals surface area (Å²) in [4.78, 5) is 0. The molecule has 0 saturated carbocycles. The normalized spacial score (nSPS) is 10.8. The maximum absolute atomic E-state index is 14.1. The monoisotopic (exact) mass is 289 g/mol. The molecule has 0 aromatic heterocycles. The Kier molecular flexibility index (Phi) is 5.72. The molecule has 0 radical (unpaired) electrons. The van der Waals surface area contributed by atoms with Gasteiger partial charge in [-0.3, -0.25) is 0 Å². The van der Waals surface area contributed by atoms with Crippen molar-refractivity contribution < 1.29 is 14.6 Å². The Morgan fingerprint density at radius 2 is 1.71 bits per heavy atom. The highest BCUT2D eigenvalue weighted by molar-refractivity contribution is 5.39. The highest BCUT2D eigenvalue weighted by atomic mass is 19.1. The lowest BCUT2D eigenvalue weighted by Gasteiger charge is -2.12. The molecule has 0 aliphatic carbocycles. The van der Waals surface area contributed by atoms with E-state index in [1.54, 1.807) is 24.3 Å². The van der Waals surface area contributed by atoms with Crippen molar-refractivity contribution in [1.82, 2.24) is 5.32 Å². The first kappa shape index (κ1) is 15.5. The summed E-state index contributed by atoms with van der Waals surface area (Å²) in [6, 6.07) is 12.0. The second kappa shape index (κ2) is 7.76. The van der Waals surface area contributed by atoms with E-state index in [4.69, 9.17) is 5.11 Å². The van der Waals surface area contributed by atoms with Crippen molar-refractivity contribution in [2.75, 3.05) is 19.7 Å². The van der Waals surface area contributed by atoms with Gasteiger partial charge in [-0.25, -0.2) is 4.39 Å². The van der Waals surface area contributed by atoms with E-state index in [-0.39, 0.29) is 18.2 Å². The minimum absolute atomic E-state index is 0.0912. The van der Waals surface area contributed by atoms with E-state index in [1.807, 2.05) is 12.1 Å². The van der Waals surface area contributed by atoms with E-state index in [0.717, 1.165) is 5.56 Å². The first-order chi connectivity index (χ1) is 10.2. The largest absolute Gasteiger partial charge is 0.508 e. The van der Waals surface area contributed by atoms with Gasteiger partial charge in [-0.15, -0.1) is 0 Å². The number of hydrogen-bond acceptors (Lipinski definition) is 3. The van der Waals surface area contributed by atoms with E-state index in [9.17, 15) is 9.50 Å². The van der Waals surface area contributed by atoms with Crippen molar-refractivity contribution in [3.05, 3.63) is 65.0 Å². The van der Waals surface area contributed by atoms with Crippen LogP contribution in [0.2, 0.25) is 0 Å². The van der Waals surface area contributed by atoms with Crippen molar-refractivity contribution in [2.24, 2.45) is 0 Å². The smallest absolute Gasteiger partial charge is 0.127 e. The average molecular weight is 289 g/mol. The number of benzene rings is 2. The Morgan fingerprint density at radius 1 is 0.952 bits per heavy atom. The van der Waals surface area contributed by atoms with Crippen LogP contribution in [0.25, 0.3) is 0 Å². The molecule has 3 N–H and O–H groups in total. The first-order valence-electron chi connectivity index (χ1n) is 7.07. The zero-order valence-corrected chi connectivity index (χ0v) is 11.8. The zero-order valence-electron chi connectivity index (χ0n) is 11.8. The van der Waals surface area contributed by atoms with Gasteiger partial charge in [-0.2, -0.15) is 0 Å². The standard InChI is InChI=1S/C17H20FNO2/c18-16-6-3-5-13(8-9-19-10-11-20)15(16)12-14-4-1-2-7-17(14)21/h1-7,19-21H,8-12H2. The fourth-order valence-electron chi connectivity index (χ4n) is 2.31. The Morgan fingerprint density at radius 3 is 2.48 bits per heavy atom. The summed E-state index contributed by atoms with van der Waals surface area (Å²) in [6.07, 6.45) is 1.05. The number of aliphatic hydroxyl groups is 1. The number of para-hydroxylation sites is 1. The molecule has 0 aliphatic rings. The van der Waals surface area contributed by atoms with Gasteiger partial charge in [0.1, 0.15) is 11.6 Å². The number of phenolic OH excluding ortho intramolecular Hbond substituents is 1. The second-order valence-corrected chi connectivity index (χ2v) is 4.91. The summed E-state index contributed by atoms with van der Waals surface area (Å²) in [5, 5.41) is 21.7. The Hall–Kier alpha value is -1.91. The molecule has 0 unspecified atom stereocenters. The van der Waals surface area contributed by atoms with Gasteiger partial charge in [0.25, 0.3) is 0 Å². The van der Waals surface area contributed by atoms with E-state index in [2.05, 4.69) is 5.32 Å². The fraction of sp³-hybridized carbons (Fsp3) is 0.294. The third kappa shape index (κ3) is 4.28. The molecule has 112 valence electrons. The van der Waals surface area contributed by atoms with Gasteiger partial charge in [-0.05, 0) is 41.8 Å². The summed E-state index contributed by atoms with van der Waals surface area (Å²) >= 11 is 0. The maximum Gasteiger partial charge on any atom is 0.127 e. The molecule has 0 amide bonds. The predicted octanol–water partition coefficient (Wildman–Crippen LogP) is 2.25. The van der Waals surface area contributed by atoms with Crippen LogP contribution in [0.3, 0.4) is 0 Å². The van der Waals surface area contributed by atoms with Gasteiger partial charge in [-0.1, -0.05) is 30.3 Å². The number of aliphatic hydroxyl groups excluding tert-OH is 1. The number of phenols is 1. The average Bonchev–Trinajstić information content (AvgIpc) is 2.49. The van der Waals surface area contributed by atoms with Gasteiger partial charge >= 0.3 is 0 Å². The molecule has 4 heteroatoms. The molecule has 0 saturated heterocycles. The first-order valence-corrected chi connectivity index (χ1v) is 7.07. The summed E-state index contributed by atoms with van der Waals surface area (Å²) in [7, 11) is 0. The minimum Gasteiger partial charge on any atom is -0.508 e. The van der Waals surface area contributed by atoms with E-state index in [0.29, 0.717) is 37.1 Å². The Labute approximate surface area is 124 Å². The van der Waals surface area contributed by atoms with Crippen LogP contribution < -0.4 is 5.32 Å². The van der Waals surface area contributed by atoms with Gasteiger partial charge < -0.3 is 15.5 Å². The van der Waals surface area contributed by atoms with Gasteiger partial charge in [0, 0.05) is 13.0 Å². The topological polar surface area (TPSA) is 52.5 Å². The molecule has 0 bridgehead atoms. The summed E-state index contributed by atoms with van der Waals surface area (Å²) in [5.74, 6) is -0.0666. The molecular formula is C17H20FNO2. The molecule has 0 aliphatic heterocycles. The number of hydrogen-bond donors (Lipinski definition) is 3. The van der Waals surface area contributed by atoms with Crippen molar-refractivity contribution in [1.29, 1.82) is 0 Å². The molecule has 2 rings (SSSR count). The lowest BCUT2D eigenvalue weighted by Crippen LogP contribution is -2.21. The third-order valence-corrected chi connectivity index (χ3v) is 3.43. The Bertz CT molecular complexity index is 587. The van der Waals surface area contributed by atoms with Crippen LogP contribution in [0.15, 0.2) is 42.5 Å². The number of aromatic hydroxyl groups is 1. The molecule has 0 fully saturated rings. The maximum atomic E-state index is 14.1. The van der Waals surface area contributed by atoms with Crippen molar-refractivity contribution >= 4 is 0 Å². The highest BCUT2D eigenvalue weighted by Crippen LogP contribution is 2.23. The summed E-state index contributed by atoms with van der Waals surface area (Å²) in [5.41, 5.74) is 2.25. The van der Waals surface area contributed by atoms with Gasteiger partial charge in [0.05, 0.1) is 6.61 Å². The molecule has 3 nitrogen and oxygen atoms in total. The highest BCUT2D eigenvalue weighted by Gasteiger charge is 2.11. The van der Waals surface area contributed by atoms with Crippen LogP contribution >= 0.6 is 0 Å². The van der Waals surface area contributed by atoms with Crippen molar-refractivity contribution in [2.45, 2.75) is 12.8 Å². The van der Waals surface area contributed by atoms with Gasteiger partial charge in [0.15, 0.2) is 0 Å². The summed E-state index contributed by atoms with van der Waals surface area (Å²) in [6.45, 7) is 1.30. The molecule has 2 aromatic rings. The van der Waals surface area contributed by atoms with E-state index in [1.165, 1.54) is 6.07 Å². The lowest BCUT2D eigenvalue weighted by atomic mass is 9.97. The molecule has 21 heavy (non-hydrogen) atoms. The lowest BCUT2D eigenvalue weighted by molar-refractivity contribution is 0.293. The van der Waals surface area contributed by atoms with Crippen LogP contribution in [0.5, 0.6) is 5.75 Å². The molecular weight excluding hydrogens is 269 g/mol. The van der Waals surface area contributed by atoms with E-state index < -0.39 is 0 Å². The predicted molar refractivity (Wildman–Crippen MR) is 81.0 cm³/mol. The SMILES string of the molecule is OCCNCCc1cccc(F)c1Cc1ccccc1O. The van der Waals surface area contributed by atoms with Crippen LogP contribution in [-0.4, -0.2) is 29.9 Å². The number of nitrogens with one attached hydrogen (secondary N) is 1. The van der Waals surface area contributed by atoms with Crippen molar-refractivity contribution in [3.8, 4) is 5.75 Å². The molecule has 0 heterocycles. The third-order valence-electron chi connectivity index (χ3n) is 3.43. The molecule has 0 atom stereocenters. The molecule has 2 aromatic carbocycles. The number of rotatable bonds is 7. The molecule has 0 spiro atoms. The summed E-state index contributed by atoms with van der Waals surface area (Å²) < 4.78 is 14.1. The zero-order chi connectivity index (χ0) is 15.1. The Balaban J connectivity index is 2.16. The van der Waals surface area contributed by atoms with E-state index >= 15 is 0 Å².